The van der Waals surface area contributed by atoms with E-state index in [1.807, 2.05) is 13.8 Å². The summed E-state index contributed by atoms with van der Waals surface area (Å²) in [6, 6.07) is 0.245. The van der Waals surface area contributed by atoms with E-state index in [1.165, 1.54) is 0 Å². The summed E-state index contributed by atoms with van der Waals surface area (Å²) in [6.45, 7) is 8.15. The SMILES string of the molecule is CC(C)N=C(N)NN1CCN(C)CC1. The van der Waals surface area contributed by atoms with Gasteiger partial charge in [0.1, 0.15) is 0 Å². The van der Waals surface area contributed by atoms with Crippen LogP contribution in [0.4, 0.5) is 0 Å². The minimum atomic E-state index is 0.245. The fourth-order valence-corrected chi connectivity index (χ4v) is 1.39. The Labute approximate surface area is 85.9 Å². The predicted octanol–water partition coefficient (Wildman–Crippen LogP) is -0.538. The number of hydrogen-bond donors (Lipinski definition) is 2. The van der Waals surface area contributed by atoms with Gasteiger partial charge in [-0.1, -0.05) is 0 Å². The molecule has 0 aromatic rings. The van der Waals surface area contributed by atoms with Crippen molar-refractivity contribution in [2.24, 2.45) is 10.7 Å². The van der Waals surface area contributed by atoms with Gasteiger partial charge in [0.15, 0.2) is 0 Å². The van der Waals surface area contributed by atoms with Crippen molar-refractivity contribution in [3.8, 4) is 0 Å². The molecule has 0 aromatic carbocycles. The van der Waals surface area contributed by atoms with Crippen molar-refractivity contribution in [2.45, 2.75) is 19.9 Å². The zero-order valence-corrected chi connectivity index (χ0v) is 9.32. The highest BCUT2D eigenvalue weighted by Gasteiger charge is 2.13. The first-order valence-electron chi connectivity index (χ1n) is 5.11. The minimum Gasteiger partial charge on any atom is -0.369 e. The molecule has 5 nitrogen and oxygen atoms in total. The monoisotopic (exact) mass is 199 g/mol. The van der Waals surface area contributed by atoms with Gasteiger partial charge in [-0.3, -0.25) is 5.43 Å². The van der Waals surface area contributed by atoms with Crippen molar-refractivity contribution in [3.63, 3.8) is 0 Å². The molecule has 0 aliphatic carbocycles. The van der Waals surface area contributed by atoms with E-state index in [1.54, 1.807) is 0 Å². The number of hydrogen-bond acceptors (Lipinski definition) is 3. The van der Waals surface area contributed by atoms with Crippen molar-refractivity contribution in [1.82, 2.24) is 15.3 Å². The van der Waals surface area contributed by atoms with E-state index in [2.05, 4.69) is 27.4 Å². The molecule has 0 aromatic heterocycles. The summed E-state index contributed by atoms with van der Waals surface area (Å²) in [5.74, 6) is 0.518. The quantitative estimate of drug-likeness (QED) is 0.463. The number of rotatable bonds is 2. The van der Waals surface area contributed by atoms with Crippen LogP contribution in [0.15, 0.2) is 4.99 Å². The Balaban J connectivity index is 2.30. The first-order valence-corrected chi connectivity index (χ1v) is 5.11. The van der Waals surface area contributed by atoms with Crippen LogP contribution < -0.4 is 11.2 Å². The minimum absolute atomic E-state index is 0.245. The van der Waals surface area contributed by atoms with Crippen molar-refractivity contribution in [1.29, 1.82) is 0 Å². The molecule has 1 rings (SSSR count). The van der Waals surface area contributed by atoms with Crippen molar-refractivity contribution in [2.75, 3.05) is 33.2 Å². The number of hydrazine groups is 1. The van der Waals surface area contributed by atoms with E-state index in [0.29, 0.717) is 5.96 Å². The molecule has 14 heavy (non-hydrogen) atoms. The predicted molar refractivity (Wildman–Crippen MR) is 59.0 cm³/mol. The normalized spacial score (nSPS) is 21.6. The number of aliphatic imine (C=N–C) groups is 1. The molecule has 0 amide bonds. The van der Waals surface area contributed by atoms with Gasteiger partial charge in [0, 0.05) is 32.2 Å². The molecule has 1 heterocycles. The van der Waals surface area contributed by atoms with Gasteiger partial charge in [-0.25, -0.2) is 10.0 Å². The third-order valence-electron chi connectivity index (χ3n) is 2.17. The summed E-state index contributed by atoms with van der Waals surface area (Å²) in [5, 5.41) is 2.11. The molecular formula is C9H21N5. The maximum atomic E-state index is 5.72. The third kappa shape index (κ3) is 3.93. The first-order chi connectivity index (χ1) is 6.58. The summed E-state index contributed by atoms with van der Waals surface area (Å²) in [6.07, 6.45) is 0. The average Bonchev–Trinajstić information content (AvgIpc) is 2.07. The standard InChI is InChI=1S/C9H21N5/c1-8(2)11-9(10)12-14-6-4-13(3)5-7-14/h8H,4-7H2,1-3H3,(H3,10,11,12). The van der Waals surface area contributed by atoms with Crippen LogP contribution in [-0.2, 0) is 0 Å². The number of nitrogens with zero attached hydrogens (tertiary/aromatic N) is 3. The summed E-state index contributed by atoms with van der Waals surface area (Å²) >= 11 is 0. The number of piperazine rings is 1. The molecule has 1 saturated heterocycles. The van der Waals surface area contributed by atoms with Crippen molar-refractivity contribution in [3.05, 3.63) is 0 Å². The lowest BCUT2D eigenvalue weighted by molar-refractivity contribution is 0.130. The summed E-state index contributed by atoms with van der Waals surface area (Å²) in [4.78, 5) is 6.52. The molecular weight excluding hydrogens is 178 g/mol. The van der Waals surface area contributed by atoms with Crippen LogP contribution in [-0.4, -0.2) is 55.1 Å². The molecule has 1 aliphatic rings. The smallest absolute Gasteiger partial charge is 0.203 e. The molecule has 0 radical (unpaired) electrons. The van der Waals surface area contributed by atoms with Crippen LogP contribution in [0.3, 0.4) is 0 Å². The van der Waals surface area contributed by atoms with Gasteiger partial charge in [0.25, 0.3) is 0 Å². The summed E-state index contributed by atoms with van der Waals surface area (Å²) in [7, 11) is 2.13. The Morgan fingerprint density at radius 2 is 1.86 bits per heavy atom. The molecule has 0 bridgehead atoms. The van der Waals surface area contributed by atoms with Gasteiger partial charge in [-0.05, 0) is 20.9 Å². The third-order valence-corrected chi connectivity index (χ3v) is 2.17. The van der Waals surface area contributed by atoms with E-state index in [9.17, 15) is 0 Å². The zero-order chi connectivity index (χ0) is 10.6. The van der Waals surface area contributed by atoms with Crippen molar-refractivity contribution >= 4 is 5.96 Å². The fourth-order valence-electron chi connectivity index (χ4n) is 1.39. The molecule has 0 spiro atoms. The van der Waals surface area contributed by atoms with E-state index in [0.717, 1.165) is 26.2 Å². The average molecular weight is 199 g/mol. The zero-order valence-electron chi connectivity index (χ0n) is 9.32. The molecule has 0 saturated carbocycles. The van der Waals surface area contributed by atoms with Gasteiger partial charge in [-0.2, -0.15) is 0 Å². The highest BCUT2D eigenvalue weighted by Crippen LogP contribution is 1.95. The first kappa shape index (κ1) is 11.3. The van der Waals surface area contributed by atoms with Crippen LogP contribution in [0, 0.1) is 0 Å². The molecule has 3 N–H and O–H groups in total. The molecule has 82 valence electrons. The van der Waals surface area contributed by atoms with E-state index in [4.69, 9.17) is 5.73 Å². The van der Waals surface area contributed by atoms with Crippen LogP contribution in [0.1, 0.15) is 13.8 Å². The highest BCUT2D eigenvalue weighted by molar-refractivity contribution is 5.77. The van der Waals surface area contributed by atoms with Gasteiger partial charge < -0.3 is 10.6 Å². The topological polar surface area (TPSA) is 56.9 Å². The second-order valence-corrected chi connectivity index (χ2v) is 4.01. The number of nitrogens with one attached hydrogen (secondary N) is 1. The largest absolute Gasteiger partial charge is 0.369 e. The van der Waals surface area contributed by atoms with Crippen molar-refractivity contribution < 1.29 is 0 Å². The van der Waals surface area contributed by atoms with E-state index >= 15 is 0 Å². The number of nitrogens with two attached hydrogens (primary N) is 1. The number of likely N-dealkylation sites (N-methyl/N-ethyl adjacent to an activating group) is 1. The lowest BCUT2D eigenvalue weighted by Crippen LogP contribution is -2.54. The summed E-state index contributed by atoms with van der Waals surface area (Å²) < 4.78 is 0. The maximum Gasteiger partial charge on any atom is 0.203 e. The van der Waals surface area contributed by atoms with Crippen LogP contribution in [0.5, 0.6) is 0 Å². The van der Waals surface area contributed by atoms with Crippen LogP contribution >= 0.6 is 0 Å². The second kappa shape index (κ2) is 5.17. The molecule has 0 unspecified atom stereocenters. The Morgan fingerprint density at radius 3 is 2.36 bits per heavy atom. The van der Waals surface area contributed by atoms with Crippen LogP contribution in [0.25, 0.3) is 0 Å². The fraction of sp³-hybridized carbons (Fsp3) is 0.889. The molecule has 1 aliphatic heterocycles. The van der Waals surface area contributed by atoms with E-state index in [-0.39, 0.29) is 6.04 Å². The Hall–Kier alpha value is -0.810. The Bertz CT molecular complexity index is 193. The Kier molecular flexibility index (Phi) is 4.16. The molecule has 1 fully saturated rings. The van der Waals surface area contributed by atoms with Crippen LogP contribution in [0.2, 0.25) is 0 Å². The second-order valence-electron chi connectivity index (χ2n) is 4.01. The lowest BCUT2D eigenvalue weighted by atomic mass is 10.4. The highest BCUT2D eigenvalue weighted by atomic mass is 15.6. The molecule has 5 heteroatoms. The lowest BCUT2D eigenvalue weighted by Gasteiger charge is -2.32. The van der Waals surface area contributed by atoms with Gasteiger partial charge in [-0.15, -0.1) is 0 Å². The van der Waals surface area contributed by atoms with Gasteiger partial charge in [0.05, 0.1) is 0 Å². The van der Waals surface area contributed by atoms with Gasteiger partial charge in [0.2, 0.25) is 5.96 Å². The van der Waals surface area contributed by atoms with Gasteiger partial charge >= 0.3 is 0 Å². The number of guanidine groups is 1. The molecule has 0 atom stereocenters. The Morgan fingerprint density at radius 1 is 1.29 bits per heavy atom. The summed E-state index contributed by atoms with van der Waals surface area (Å²) in [5.41, 5.74) is 8.83. The maximum absolute atomic E-state index is 5.72. The van der Waals surface area contributed by atoms with E-state index < -0.39 is 0 Å².